The number of aromatic nitrogens is 2. The van der Waals surface area contributed by atoms with E-state index in [2.05, 4.69) is 15.5 Å². The van der Waals surface area contributed by atoms with Crippen molar-refractivity contribution in [3.63, 3.8) is 0 Å². The molecule has 0 aromatic carbocycles. The minimum atomic E-state index is -1.11. The van der Waals surface area contributed by atoms with Crippen LogP contribution in [0.4, 0.5) is 4.79 Å². The normalized spacial score (nSPS) is 21.8. The molecule has 1 saturated carbocycles. The predicted molar refractivity (Wildman–Crippen MR) is 68.6 cm³/mol. The fraction of sp³-hybridized carbons (Fsp3) is 0.615. The van der Waals surface area contributed by atoms with E-state index in [4.69, 9.17) is 4.52 Å². The highest BCUT2D eigenvalue weighted by molar-refractivity contribution is 6.19. The number of carbonyl (C=O) groups excluding carboxylic acids is 3. The van der Waals surface area contributed by atoms with Gasteiger partial charge < -0.3 is 4.52 Å². The lowest BCUT2D eigenvalue weighted by Gasteiger charge is -2.40. The standard InChI is InChI=1S/C13H16N4O4/c1-8-14-9(16-21-8)7-17-11(19)13(5-3-2-4-6-13)10(18)15-12(17)20/h2-7H2,1H3,(H,15,18,20). The van der Waals surface area contributed by atoms with Crippen molar-refractivity contribution in [1.29, 1.82) is 0 Å². The van der Waals surface area contributed by atoms with E-state index in [1.54, 1.807) is 6.92 Å². The van der Waals surface area contributed by atoms with Crippen LogP contribution in [0.15, 0.2) is 4.52 Å². The number of carbonyl (C=O) groups is 3. The molecule has 2 fully saturated rings. The highest BCUT2D eigenvalue weighted by atomic mass is 16.5. The van der Waals surface area contributed by atoms with Crippen LogP contribution >= 0.6 is 0 Å². The topological polar surface area (TPSA) is 105 Å². The molecule has 0 unspecified atom stereocenters. The Balaban J connectivity index is 1.87. The lowest BCUT2D eigenvalue weighted by molar-refractivity contribution is -0.154. The van der Waals surface area contributed by atoms with Crippen molar-refractivity contribution < 1.29 is 18.9 Å². The predicted octanol–water partition coefficient (Wildman–Crippen LogP) is 0.907. The van der Waals surface area contributed by atoms with Crippen LogP contribution in [0.5, 0.6) is 0 Å². The van der Waals surface area contributed by atoms with Crippen molar-refractivity contribution in [3.05, 3.63) is 11.7 Å². The van der Waals surface area contributed by atoms with Crippen LogP contribution in [0.2, 0.25) is 0 Å². The second kappa shape index (κ2) is 4.94. The number of nitrogens with zero attached hydrogens (tertiary/aromatic N) is 3. The van der Waals surface area contributed by atoms with Gasteiger partial charge >= 0.3 is 6.03 Å². The van der Waals surface area contributed by atoms with Gasteiger partial charge in [0.05, 0.1) is 6.54 Å². The molecule has 2 heterocycles. The third kappa shape index (κ3) is 2.20. The van der Waals surface area contributed by atoms with Gasteiger partial charge in [-0.05, 0) is 12.8 Å². The monoisotopic (exact) mass is 292 g/mol. The van der Waals surface area contributed by atoms with E-state index < -0.39 is 23.3 Å². The molecule has 0 atom stereocenters. The second-order valence-electron chi connectivity index (χ2n) is 5.52. The van der Waals surface area contributed by atoms with Gasteiger partial charge in [0.1, 0.15) is 5.41 Å². The third-order valence-corrected chi connectivity index (χ3v) is 4.13. The molecule has 1 aromatic rings. The lowest BCUT2D eigenvalue weighted by atomic mass is 9.71. The fourth-order valence-corrected chi connectivity index (χ4v) is 3.02. The molecule has 8 nitrogen and oxygen atoms in total. The second-order valence-corrected chi connectivity index (χ2v) is 5.52. The summed E-state index contributed by atoms with van der Waals surface area (Å²) in [5, 5.41) is 5.97. The Morgan fingerprint density at radius 2 is 1.95 bits per heavy atom. The largest absolute Gasteiger partial charge is 0.340 e. The van der Waals surface area contributed by atoms with Crippen LogP contribution in [0.3, 0.4) is 0 Å². The van der Waals surface area contributed by atoms with Crippen molar-refractivity contribution in [3.8, 4) is 0 Å². The molecule has 1 N–H and O–H groups in total. The Labute approximate surface area is 120 Å². The summed E-state index contributed by atoms with van der Waals surface area (Å²) < 4.78 is 4.84. The smallest absolute Gasteiger partial charge is 0.331 e. The fourth-order valence-electron chi connectivity index (χ4n) is 3.02. The third-order valence-electron chi connectivity index (χ3n) is 4.13. The first-order valence-corrected chi connectivity index (χ1v) is 6.99. The van der Waals surface area contributed by atoms with Crippen LogP contribution in [0.1, 0.15) is 43.8 Å². The van der Waals surface area contributed by atoms with Crippen LogP contribution in [0, 0.1) is 12.3 Å². The highest BCUT2D eigenvalue weighted by Crippen LogP contribution is 2.40. The number of rotatable bonds is 2. The molecule has 21 heavy (non-hydrogen) atoms. The van der Waals surface area contributed by atoms with Gasteiger partial charge in [-0.15, -0.1) is 0 Å². The summed E-state index contributed by atoms with van der Waals surface area (Å²) in [6, 6.07) is -0.719. The van der Waals surface area contributed by atoms with E-state index in [0.29, 0.717) is 18.7 Å². The molecule has 1 spiro atoms. The average molecular weight is 292 g/mol. The maximum absolute atomic E-state index is 12.7. The number of nitrogens with one attached hydrogen (secondary N) is 1. The molecule has 112 valence electrons. The zero-order valence-electron chi connectivity index (χ0n) is 11.7. The molecule has 0 radical (unpaired) electrons. The maximum Gasteiger partial charge on any atom is 0.331 e. The summed E-state index contributed by atoms with van der Waals surface area (Å²) in [6.45, 7) is 1.54. The van der Waals surface area contributed by atoms with E-state index >= 15 is 0 Å². The Bertz CT molecular complexity index is 603. The number of amides is 4. The van der Waals surface area contributed by atoms with Gasteiger partial charge in [-0.25, -0.2) is 4.79 Å². The first kappa shape index (κ1) is 13.7. The minimum Gasteiger partial charge on any atom is -0.340 e. The zero-order chi connectivity index (χ0) is 15.0. The van der Waals surface area contributed by atoms with Gasteiger partial charge in [0.25, 0.3) is 0 Å². The first-order valence-electron chi connectivity index (χ1n) is 6.99. The van der Waals surface area contributed by atoms with E-state index in [9.17, 15) is 14.4 Å². The van der Waals surface area contributed by atoms with Gasteiger partial charge in [-0.1, -0.05) is 24.4 Å². The number of aryl methyl sites for hydroxylation is 1. The number of barbiturate groups is 1. The van der Waals surface area contributed by atoms with E-state index in [1.807, 2.05) is 0 Å². The molecule has 0 bridgehead atoms. The van der Waals surface area contributed by atoms with Crippen LogP contribution in [-0.4, -0.2) is 32.9 Å². The molecule has 2 aliphatic rings. The summed E-state index contributed by atoms with van der Waals surface area (Å²) in [6.07, 6.45) is 3.57. The average Bonchev–Trinajstić information content (AvgIpc) is 2.88. The quantitative estimate of drug-likeness (QED) is 0.812. The zero-order valence-corrected chi connectivity index (χ0v) is 11.7. The summed E-state index contributed by atoms with van der Waals surface area (Å²) in [7, 11) is 0. The Kier molecular flexibility index (Phi) is 3.23. The van der Waals surface area contributed by atoms with Gasteiger partial charge in [0, 0.05) is 6.92 Å². The van der Waals surface area contributed by atoms with Gasteiger partial charge in [0.2, 0.25) is 17.7 Å². The highest BCUT2D eigenvalue weighted by Gasteiger charge is 2.54. The molecule has 3 rings (SSSR count). The summed E-state index contributed by atoms with van der Waals surface area (Å²) >= 11 is 0. The van der Waals surface area contributed by atoms with E-state index in [1.165, 1.54) is 0 Å². The summed E-state index contributed by atoms with van der Waals surface area (Å²) in [5.74, 6) is -0.314. The molecular formula is C13H16N4O4. The number of hydrogen-bond donors (Lipinski definition) is 1. The molecule has 1 saturated heterocycles. The van der Waals surface area contributed by atoms with Crippen molar-refractivity contribution in [2.45, 2.75) is 45.6 Å². The number of urea groups is 1. The van der Waals surface area contributed by atoms with Crippen molar-refractivity contribution in [2.75, 3.05) is 0 Å². The minimum absolute atomic E-state index is 0.0863. The van der Waals surface area contributed by atoms with Crippen LogP contribution < -0.4 is 5.32 Å². The van der Waals surface area contributed by atoms with E-state index in [0.717, 1.165) is 24.2 Å². The first-order chi connectivity index (χ1) is 10.0. The van der Waals surface area contributed by atoms with Crippen molar-refractivity contribution >= 4 is 17.8 Å². The molecule has 4 amide bonds. The Morgan fingerprint density at radius 3 is 2.57 bits per heavy atom. The summed E-state index contributed by atoms with van der Waals surface area (Å²) in [5.41, 5.74) is -1.11. The number of imide groups is 2. The van der Waals surface area contributed by atoms with Gasteiger partial charge in [-0.3, -0.25) is 19.8 Å². The Hall–Kier alpha value is -2.25. The SMILES string of the molecule is Cc1nc(CN2C(=O)NC(=O)C3(CCCCC3)C2=O)no1. The molecular weight excluding hydrogens is 276 g/mol. The van der Waals surface area contributed by atoms with Crippen molar-refractivity contribution in [1.82, 2.24) is 20.4 Å². The number of hydrogen-bond acceptors (Lipinski definition) is 6. The van der Waals surface area contributed by atoms with Gasteiger partial charge in [0.15, 0.2) is 5.82 Å². The summed E-state index contributed by atoms with van der Waals surface area (Å²) in [4.78, 5) is 41.8. The van der Waals surface area contributed by atoms with Crippen LogP contribution in [-0.2, 0) is 16.1 Å². The molecule has 1 aliphatic heterocycles. The van der Waals surface area contributed by atoms with E-state index in [-0.39, 0.29) is 12.4 Å². The lowest BCUT2D eigenvalue weighted by Crippen LogP contribution is -2.64. The molecule has 1 aliphatic carbocycles. The van der Waals surface area contributed by atoms with Gasteiger partial charge in [-0.2, -0.15) is 4.98 Å². The molecule has 8 heteroatoms. The van der Waals surface area contributed by atoms with Crippen LogP contribution in [0.25, 0.3) is 0 Å². The van der Waals surface area contributed by atoms with Crippen molar-refractivity contribution in [2.24, 2.45) is 5.41 Å². The maximum atomic E-state index is 12.7. The Morgan fingerprint density at radius 1 is 1.24 bits per heavy atom. The molecule has 1 aromatic heterocycles.